The summed E-state index contributed by atoms with van der Waals surface area (Å²) in [7, 11) is 0. The summed E-state index contributed by atoms with van der Waals surface area (Å²) in [4.78, 5) is 26.0. The van der Waals surface area contributed by atoms with E-state index in [4.69, 9.17) is 10.5 Å². The fourth-order valence-corrected chi connectivity index (χ4v) is 2.37. The molecular weight excluding hydrogens is 327 g/mol. The zero-order valence-corrected chi connectivity index (χ0v) is 14.4. The third-order valence-corrected chi connectivity index (χ3v) is 4.07. The van der Waals surface area contributed by atoms with E-state index in [1.807, 2.05) is 0 Å². The van der Waals surface area contributed by atoms with Crippen LogP contribution in [0.25, 0.3) is 0 Å². The van der Waals surface area contributed by atoms with Crippen LogP contribution in [-0.4, -0.2) is 56.1 Å². The standard InChI is InChI=1S/C17H25FN4O3/c1-12(11-19)17(24)20-13-2-3-14(18)15(10-13)21-16(23)4-5-22-6-8-25-9-7-22/h2-3,10,12H,4-9,11,19H2,1H3,(H,20,24)(H,21,23). The van der Waals surface area contributed by atoms with Crippen molar-refractivity contribution in [2.75, 3.05) is 50.0 Å². The van der Waals surface area contributed by atoms with Gasteiger partial charge in [0.25, 0.3) is 0 Å². The highest BCUT2D eigenvalue weighted by atomic mass is 19.1. The molecule has 2 rings (SSSR count). The number of anilines is 2. The van der Waals surface area contributed by atoms with Gasteiger partial charge in [0.2, 0.25) is 11.8 Å². The summed E-state index contributed by atoms with van der Waals surface area (Å²) in [5, 5.41) is 5.22. The van der Waals surface area contributed by atoms with Gasteiger partial charge in [-0.25, -0.2) is 4.39 Å². The summed E-state index contributed by atoms with van der Waals surface area (Å²) in [5.74, 6) is -1.43. The van der Waals surface area contributed by atoms with E-state index in [2.05, 4.69) is 15.5 Å². The second-order valence-corrected chi connectivity index (χ2v) is 6.07. The van der Waals surface area contributed by atoms with Gasteiger partial charge < -0.3 is 21.1 Å². The maximum atomic E-state index is 13.9. The SMILES string of the molecule is CC(CN)C(=O)Nc1ccc(F)c(NC(=O)CCN2CCOCC2)c1. The molecule has 0 bridgehead atoms. The molecular formula is C17H25FN4O3. The zero-order chi connectivity index (χ0) is 18.2. The van der Waals surface area contributed by atoms with Crippen molar-refractivity contribution in [3.63, 3.8) is 0 Å². The third kappa shape index (κ3) is 6.08. The number of nitrogens with two attached hydrogens (primary N) is 1. The van der Waals surface area contributed by atoms with Gasteiger partial charge in [-0.2, -0.15) is 0 Å². The molecule has 1 unspecified atom stereocenters. The first-order valence-corrected chi connectivity index (χ1v) is 8.40. The van der Waals surface area contributed by atoms with Crippen molar-refractivity contribution in [3.8, 4) is 0 Å². The van der Waals surface area contributed by atoms with Gasteiger partial charge in [-0.05, 0) is 18.2 Å². The van der Waals surface area contributed by atoms with Crippen LogP contribution in [0.15, 0.2) is 18.2 Å². The van der Waals surface area contributed by atoms with Gasteiger partial charge in [-0.15, -0.1) is 0 Å². The van der Waals surface area contributed by atoms with E-state index in [1.54, 1.807) is 6.92 Å². The van der Waals surface area contributed by atoms with Crippen LogP contribution in [0.1, 0.15) is 13.3 Å². The lowest BCUT2D eigenvalue weighted by atomic mass is 10.1. The molecule has 138 valence electrons. The first-order valence-electron chi connectivity index (χ1n) is 8.40. The molecule has 1 fully saturated rings. The van der Waals surface area contributed by atoms with Crippen LogP contribution in [0.5, 0.6) is 0 Å². The van der Waals surface area contributed by atoms with Gasteiger partial charge in [0, 0.05) is 44.2 Å². The van der Waals surface area contributed by atoms with E-state index in [-0.39, 0.29) is 36.4 Å². The number of hydrogen-bond acceptors (Lipinski definition) is 5. The summed E-state index contributed by atoms with van der Waals surface area (Å²) in [5.41, 5.74) is 5.91. The van der Waals surface area contributed by atoms with E-state index in [1.165, 1.54) is 18.2 Å². The van der Waals surface area contributed by atoms with Gasteiger partial charge in [0.05, 0.1) is 18.9 Å². The Balaban J connectivity index is 1.90. The molecule has 0 saturated carbocycles. The van der Waals surface area contributed by atoms with Crippen LogP contribution in [0.2, 0.25) is 0 Å². The van der Waals surface area contributed by atoms with Gasteiger partial charge >= 0.3 is 0 Å². The lowest BCUT2D eigenvalue weighted by Crippen LogP contribution is -2.38. The Morgan fingerprint density at radius 2 is 2.04 bits per heavy atom. The minimum Gasteiger partial charge on any atom is -0.379 e. The molecule has 1 aliphatic heterocycles. The minimum absolute atomic E-state index is 0.0465. The van der Waals surface area contributed by atoms with Crippen LogP contribution in [0.4, 0.5) is 15.8 Å². The van der Waals surface area contributed by atoms with Gasteiger partial charge in [-0.1, -0.05) is 6.92 Å². The molecule has 0 aromatic heterocycles. The number of carbonyl (C=O) groups is 2. The number of morpholine rings is 1. The number of amides is 2. The molecule has 1 atom stereocenters. The topological polar surface area (TPSA) is 96.7 Å². The fourth-order valence-electron chi connectivity index (χ4n) is 2.37. The molecule has 7 nitrogen and oxygen atoms in total. The monoisotopic (exact) mass is 352 g/mol. The van der Waals surface area contributed by atoms with E-state index < -0.39 is 5.82 Å². The average Bonchev–Trinajstić information content (AvgIpc) is 2.63. The van der Waals surface area contributed by atoms with Gasteiger partial charge in [-0.3, -0.25) is 14.5 Å². The number of ether oxygens (including phenoxy) is 1. The molecule has 0 aliphatic carbocycles. The largest absolute Gasteiger partial charge is 0.379 e. The van der Waals surface area contributed by atoms with Crippen molar-refractivity contribution in [1.82, 2.24) is 4.90 Å². The van der Waals surface area contributed by atoms with Gasteiger partial charge in [0.1, 0.15) is 5.82 Å². The Morgan fingerprint density at radius 3 is 2.72 bits per heavy atom. The molecule has 1 aromatic carbocycles. The normalized spacial score (nSPS) is 16.3. The maximum Gasteiger partial charge on any atom is 0.228 e. The second-order valence-electron chi connectivity index (χ2n) is 6.07. The number of nitrogens with one attached hydrogen (secondary N) is 2. The number of carbonyl (C=O) groups excluding carboxylic acids is 2. The Labute approximate surface area is 146 Å². The summed E-state index contributed by atoms with van der Waals surface area (Å²) in [6.45, 7) is 5.44. The van der Waals surface area contributed by atoms with Crippen LogP contribution in [0.3, 0.4) is 0 Å². The number of nitrogens with zero attached hydrogens (tertiary/aromatic N) is 1. The van der Waals surface area contributed by atoms with Crippen LogP contribution < -0.4 is 16.4 Å². The summed E-state index contributed by atoms with van der Waals surface area (Å²) < 4.78 is 19.2. The quantitative estimate of drug-likeness (QED) is 0.681. The Morgan fingerprint density at radius 1 is 1.32 bits per heavy atom. The lowest BCUT2D eigenvalue weighted by molar-refractivity contribution is -0.119. The smallest absolute Gasteiger partial charge is 0.228 e. The van der Waals surface area contributed by atoms with E-state index in [0.29, 0.717) is 25.4 Å². The Hall–Kier alpha value is -2.03. The summed E-state index contributed by atoms with van der Waals surface area (Å²) >= 11 is 0. The molecule has 1 saturated heterocycles. The van der Waals surface area contributed by atoms with Crippen molar-refractivity contribution in [2.24, 2.45) is 11.7 Å². The van der Waals surface area contributed by atoms with Crippen molar-refractivity contribution in [1.29, 1.82) is 0 Å². The lowest BCUT2D eigenvalue weighted by Gasteiger charge is -2.26. The first-order chi connectivity index (χ1) is 12.0. The maximum absolute atomic E-state index is 13.9. The molecule has 1 heterocycles. The number of benzene rings is 1. The molecule has 0 radical (unpaired) electrons. The molecule has 1 aliphatic rings. The number of rotatable bonds is 7. The highest BCUT2D eigenvalue weighted by Gasteiger charge is 2.15. The Bertz CT molecular complexity index is 606. The van der Waals surface area contributed by atoms with Gasteiger partial charge in [0.15, 0.2) is 0 Å². The summed E-state index contributed by atoms with van der Waals surface area (Å²) in [6.07, 6.45) is 0.264. The zero-order valence-electron chi connectivity index (χ0n) is 14.4. The second kappa shape index (κ2) is 9.45. The molecule has 25 heavy (non-hydrogen) atoms. The number of hydrogen-bond donors (Lipinski definition) is 3. The van der Waals surface area contributed by atoms with Crippen molar-refractivity contribution in [2.45, 2.75) is 13.3 Å². The molecule has 0 spiro atoms. The first kappa shape index (κ1) is 19.3. The van der Waals surface area contributed by atoms with Crippen LogP contribution in [-0.2, 0) is 14.3 Å². The average molecular weight is 352 g/mol. The third-order valence-electron chi connectivity index (χ3n) is 4.07. The molecule has 4 N–H and O–H groups in total. The predicted molar refractivity (Wildman–Crippen MR) is 93.8 cm³/mol. The van der Waals surface area contributed by atoms with Crippen molar-refractivity contribution >= 4 is 23.2 Å². The molecule has 2 amide bonds. The highest BCUT2D eigenvalue weighted by molar-refractivity contribution is 5.95. The van der Waals surface area contributed by atoms with Crippen LogP contribution >= 0.6 is 0 Å². The fraction of sp³-hybridized carbons (Fsp3) is 0.529. The van der Waals surface area contributed by atoms with E-state index in [0.717, 1.165) is 13.1 Å². The molecule has 1 aromatic rings. The molecule has 8 heteroatoms. The predicted octanol–water partition coefficient (Wildman–Crippen LogP) is 1.02. The Kier molecular flexibility index (Phi) is 7.30. The number of halogens is 1. The summed E-state index contributed by atoms with van der Waals surface area (Å²) in [6, 6.07) is 4.06. The van der Waals surface area contributed by atoms with Crippen LogP contribution in [0, 0.1) is 11.7 Å². The minimum atomic E-state index is -0.551. The van der Waals surface area contributed by atoms with Crippen molar-refractivity contribution in [3.05, 3.63) is 24.0 Å². The highest BCUT2D eigenvalue weighted by Crippen LogP contribution is 2.20. The van der Waals surface area contributed by atoms with E-state index in [9.17, 15) is 14.0 Å². The van der Waals surface area contributed by atoms with Crippen molar-refractivity contribution < 1.29 is 18.7 Å². The van der Waals surface area contributed by atoms with E-state index >= 15 is 0 Å².